The fourth-order valence-electron chi connectivity index (χ4n) is 2.51. The summed E-state index contributed by atoms with van der Waals surface area (Å²) in [6.45, 7) is 0.441. The van der Waals surface area contributed by atoms with Crippen LogP contribution in [0.4, 0.5) is 0 Å². The number of nitrogens with one attached hydrogen (secondary N) is 2. The van der Waals surface area contributed by atoms with Gasteiger partial charge in [-0.1, -0.05) is 25.7 Å². The number of carbonyl (C=O) groups excluding carboxylic acids is 2. The van der Waals surface area contributed by atoms with Gasteiger partial charge in [-0.05, 0) is 30.9 Å². The molecule has 0 unspecified atom stereocenters. The molecule has 0 aliphatic heterocycles. The largest absolute Gasteiger partial charge is 0.472 e. The minimum atomic E-state index is -0.544. The molecule has 0 spiro atoms. The van der Waals surface area contributed by atoms with E-state index < -0.39 is 11.8 Å². The highest BCUT2D eigenvalue weighted by molar-refractivity contribution is 6.35. The molecule has 1 fully saturated rings. The monoisotopic (exact) mass is 278 g/mol. The van der Waals surface area contributed by atoms with Gasteiger partial charge in [0, 0.05) is 12.6 Å². The third-order valence-electron chi connectivity index (χ3n) is 3.68. The first-order valence-corrected chi connectivity index (χ1v) is 7.35. The minimum absolute atomic E-state index is 0.157. The molecule has 0 radical (unpaired) electrons. The normalized spacial score (nSPS) is 16.4. The lowest BCUT2D eigenvalue weighted by Crippen LogP contribution is -2.44. The van der Waals surface area contributed by atoms with E-state index in [1.165, 1.54) is 12.8 Å². The van der Waals surface area contributed by atoms with Crippen LogP contribution in [0.1, 0.15) is 44.1 Å². The molecule has 1 saturated carbocycles. The predicted octanol–water partition coefficient (Wildman–Crippen LogP) is 1.78. The number of carbonyl (C=O) groups is 2. The van der Waals surface area contributed by atoms with Crippen LogP contribution in [-0.2, 0) is 16.0 Å². The molecule has 2 amide bonds. The van der Waals surface area contributed by atoms with E-state index in [-0.39, 0.29) is 6.04 Å². The van der Waals surface area contributed by atoms with Crippen molar-refractivity contribution in [1.82, 2.24) is 10.6 Å². The van der Waals surface area contributed by atoms with Crippen LogP contribution < -0.4 is 10.6 Å². The van der Waals surface area contributed by atoms with Crippen LogP contribution in [0, 0.1) is 0 Å². The van der Waals surface area contributed by atoms with Gasteiger partial charge >= 0.3 is 11.8 Å². The Morgan fingerprint density at radius 1 is 1.15 bits per heavy atom. The lowest BCUT2D eigenvalue weighted by Gasteiger charge is -2.15. The first-order valence-electron chi connectivity index (χ1n) is 7.35. The first-order chi connectivity index (χ1) is 9.75. The highest BCUT2D eigenvalue weighted by Gasteiger charge is 2.19. The van der Waals surface area contributed by atoms with Gasteiger partial charge in [-0.25, -0.2) is 0 Å². The van der Waals surface area contributed by atoms with Gasteiger partial charge in [0.2, 0.25) is 0 Å². The van der Waals surface area contributed by atoms with Crippen LogP contribution in [0.15, 0.2) is 23.0 Å². The van der Waals surface area contributed by atoms with Crippen LogP contribution in [0.25, 0.3) is 0 Å². The quantitative estimate of drug-likeness (QED) is 0.651. The Hall–Kier alpha value is -1.78. The molecule has 5 nitrogen and oxygen atoms in total. The van der Waals surface area contributed by atoms with E-state index >= 15 is 0 Å². The van der Waals surface area contributed by atoms with Crippen LogP contribution in [0.5, 0.6) is 0 Å². The van der Waals surface area contributed by atoms with E-state index in [4.69, 9.17) is 4.42 Å². The summed E-state index contributed by atoms with van der Waals surface area (Å²) in [6, 6.07) is 2.00. The zero-order chi connectivity index (χ0) is 14.2. The number of amides is 2. The van der Waals surface area contributed by atoms with Crippen molar-refractivity contribution in [1.29, 1.82) is 0 Å². The summed E-state index contributed by atoms with van der Waals surface area (Å²) in [4.78, 5) is 23.5. The van der Waals surface area contributed by atoms with Crippen LogP contribution >= 0.6 is 0 Å². The number of hydrogen-bond donors (Lipinski definition) is 2. The molecule has 0 saturated heterocycles. The fourth-order valence-corrected chi connectivity index (χ4v) is 2.51. The minimum Gasteiger partial charge on any atom is -0.472 e. The number of rotatable bonds is 4. The zero-order valence-electron chi connectivity index (χ0n) is 11.7. The third kappa shape index (κ3) is 4.72. The highest BCUT2D eigenvalue weighted by Crippen LogP contribution is 2.16. The molecule has 0 bridgehead atoms. The maximum Gasteiger partial charge on any atom is 0.309 e. The summed E-state index contributed by atoms with van der Waals surface area (Å²) < 4.78 is 4.94. The second-order valence-corrected chi connectivity index (χ2v) is 5.30. The third-order valence-corrected chi connectivity index (χ3v) is 3.68. The lowest BCUT2D eigenvalue weighted by molar-refractivity contribution is -0.139. The van der Waals surface area contributed by atoms with E-state index in [1.54, 1.807) is 12.5 Å². The molecular formula is C15H22N2O3. The van der Waals surface area contributed by atoms with Crippen molar-refractivity contribution in [3.05, 3.63) is 24.2 Å². The lowest BCUT2D eigenvalue weighted by atomic mass is 10.1. The summed E-state index contributed by atoms with van der Waals surface area (Å²) in [5.41, 5.74) is 1.01. The Kier molecular flexibility index (Phi) is 5.65. The molecular weight excluding hydrogens is 256 g/mol. The van der Waals surface area contributed by atoms with Gasteiger partial charge < -0.3 is 15.1 Å². The zero-order valence-corrected chi connectivity index (χ0v) is 11.7. The Bertz CT molecular complexity index is 420. The van der Waals surface area contributed by atoms with Gasteiger partial charge in [-0.2, -0.15) is 0 Å². The Morgan fingerprint density at radius 2 is 1.90 bits per heavy atom. The average molecular weight is 278 g/mol. The van der Waals surface area contributed by atoms with E-state index in [0.29, 0.717) is 13.0 Å². The SMILES string of the molecule is O=C(NCCc1ccoc1)C(=O)NC1CCCCCC1. The number of furan rings is 1. The van der Waals surface area contributed by atoms with Crippen molar-refractivity contribution >= 4 is 11.8 Å². The second kappa shape index (κ2) is 7.72. The standard InChI is InChI=1S/C15H22N2O3/c18-14(16-9-7-12-8-10-20-11-12)15(19)17-13-5-3-1-2-4-6-13/h8,10-11,13H,1-7,9H2,(H,16,18)(H,17,19). The highest BCUT2D eigenvalue weighted by atomic mass is 16.3. The molecule has 2 rings (SSSR count). The second-order valence-electron chi connectivity index (χ2n) is 5.30. The summed E-state index contributed by atoms with van der Waals surface area (Å²) in [5.74, 6) is -1.05. The first kappa shape index (κ1) is 14.6. The molecule has 110 valence electrons. The van der Waals surface area contributed by atoms with Crippen molar-refractivity contribution in [2.24, 2.45) is 0 Å². The van der Waals surface area contributed by atoms with E-state index in [9.17, 15) is 9.59 Å². The van der Waals surface area contributed by atoms with E-state index in [2.05, 4.69) is 10.6 Å². The van der Waals surface area contributed by atoms with Crippen molar-refractivity contribution in [3.8, 4) is 0 Å². The van der Waals surface area contributed by atoms with E-state index in [1.807, 2.05) is 6.07 Å². The van der Waals surface area contributed by atoms with Crippen LogP contribution in [0.2, 0.25) is 0 Å². The smallest absolute Gasteiger partial charge is 0.309 e. The van der Waals surface area contributed by atoms with Gasteiger partial charge in [0.1, 0.15) is 0 Å². The van der Waals surface area contributed by atoms with Crippen molar-refractivity contribution in [3.63, 3.8) is 0 Å². The molecule has 2 N–H and O–H groups in total. The van der Waals surface area contributed by atoms with Gasteiger partial charge in [0.05, 0.1) is 12.5 Å². The number of hydrogen-bond acceptors (Lipinski definition) is 3. The van der Waals surface area contributed by atoms with Gasteiger partial charge in [-0.3, -0.25) is 9.59 Å². The summed E-state index contributed by atoms with van der Waals surface area (Å²) in [7, 11) is 0. The average Bonchev–Trinajstić information content (AvgIpc) is 2.82. The molecule has 1 aromatic heterocycles. The summed E-state index contributed by atoms with van der Waals surface area (Å²) in [6.07, 6.45) is 10.6. The van der Waals surface area contributed by atoms with Gasteiger partial charge in [0.15, 0.2) is 0 Å². The summed E-state index contributed by atoms with van der Waals surface area (Å²) in [5, 5.41) is 5.47. The molecule has 20 heavy (non-hydrogen) atoms. The van der Waals surface area contributed by atoms with Crippen molar-refractivity contribution in [2.75, 3.05) is 6.54 Å². The molecule has 1 heterocycles. The van der Waals surface area contributed by atoms with Gasteiger partial charge in [0.25, 0.3) is 0 Å². The molecule has 0 aromatic carbocycles. The van der Waals surface area contributed by atoms with Crippen molar-refractivity contribution in [2.45, 2.75) is 51.0 Å². The van der Waals surface area contributed by atoms with Crippen LogP contribution in [0.3, 0.4) is 0 Å². The Labute approximate surface area is 119 Å². The van der Waals surface area contributed by atoms with Crippen LogP contribution in [-0.4, -0.2) is 24.4 Å². The van der Waals surface area contributed by atoms with E-state index in [0.717, 1.165) is 31.2 Å². The maximum atomic E-state index is 11.8. The van der Waals surface area contributed by atoms with Crippen molar-refractivity contribution < 1.29 is 14.0 Å². The maximum absolute atomic E-state index is 11.8. The Balaban J connectivity index is 1.67. The fraction of sp³-hybridized carbons (Fsp3) is 0.600. The molecule has 1 aromatic rings. The molecule has 1 aliphatic rings. The molecule has 0 atom stereocenters. The Morgan fingerprint density at radius 3 is 2.55 bits per heavy atom. The predicted molar refractivity (Wildman–Crippen MR) is 75.1 cm³/mol. The molecule has 1 aliphatic carbocycles. The van der Waals surface area contributed by atoms with Gasteiger partial charge in [-0.15, -0.1) is 0 Å². The molecule has 5 heteroatoms. The summed E-state index contributed by atoms with van der Waals surface area (Å²) >= 11 is 0. The topological polar surface area (TPSA) is 71.3 Å².